The number of carboxylic acid groups (broad SMARTS) is 1. The van der Waals surface area contributed by atoms with Gasteiger partial charge in [-0.2, -0.15) is 8.78 Å². The zero-order chi connectivity index (χ0) is 20.0. The number of hydrogen-bond acceptors (Lipinski definition) is 5. The van der Waals surface area contributed by atoms with E-state index in [9.17, 15) is 13.6 Å². The minimum Gasteiger partial charge on any atom is -0.493 e. The summed E-state index contributed by atoms with van der Waals surface area (Å²) < 4.78 is 44.2. The van der Waals surface area contributed by atoms with Crippen molar-refractivity contribution in [2.45, 2.75) is 6.05 Å². The van der Waals surface area contributed by atoms with Gasteiger partial charge in [0, 0.05) is 11.6 Å². The summed E-state index contributed by atoms with van der Waals surface area (Å²) in [5.74, 6) is -0.407. The van der Waals surface area contributed by atoms with Crippen LogP contribution in [0.3, 0.4) is 0 Å². The number of aromatic carboxylic acids is 1. The summed E-state index contributed by atoms with van der Waals surface area (Å²) in [4.78, 5) is 11.2. The molecule has 0 heterocycles. The van der Waals surface area contributed by atoms with Gasteiger partial charge in [0.15, 0.2) is 11.5 Å². The highest BCUT2D eigenvalue weighted by molar-refractivity contribution is 5.94. The van der Waals surface area contributed by atoms with Crippen LogP contribution in [-0.4, -0.2) is 38.5 Å². The molecule has 0 amide bonds. The number of rotatable bonds is 8. The average molecular weight is 379 g/mol. The van der Waals surface area contributed by atoms with E-state index in [1.807, 2.05) is 5.32 Å². The Morgan fingerprint density at radius 1 is 1.04 bits per heavy atom. The number of para-hydroxylation sites is 1. The molecule has 2 aromatic carbocycles. The van der Waals surface area contributed by atoms with Crippen molar-refractivity contribution in [3.8, 4) is 17.2 Å². The van der Waals surface area contributed by atoms with Gasteiger partial charge in [0.05, 0.1) is 32.6 Å². The van der Waals surface area contributed by atoms with Gasteiger partial charge in [-0.3, -0.25) is 0 Å². The van der Waals surface area contributed by atoms with Crippen LogP contribution in [0.4, 0.5) is 14.5 Å². The molecule has 0 unspecified atom stereocenters. The Bertz CT molecular complexity index is 852. The van der Waals surface area contributed by atoms with Crippen molar-refractivity contribution in [3.63, 3.8) is 0 Å². The molecule has 2 rings (SSSR count). The minimum atomic E-state index is -3.51. The predicted octanol–water partition coefficient (Wildman–Crippen LogP) is 4.13. The molecule has 0 saturated heterocycles. The standard InChI is InChI=1S/C19H19F2NO5/c1-25-15-9-8-12(16(26-2)17(15)27-3)10-11-19(20,21)22-14-7-5-4-6-13(14)18(23)24/h4-11,22H,1-3H3,(H,23,24)/b11-10+. The normalized spacial score (nSPS) is 11.3. The highest BCUT2D eigenvalue weighted by Crippen LogP contribution is 2.40. The second kappa shape index (κ2) is 8.39. The molecular weight excluding hydrogens is 360 g/mol. The van der Waals surface area contributed by atoms with Crippen LogP contribution in [0, 0.1) is 0 Å². The lowest BCUT2D eigenvalue weighted by molar-refractivity contribution is 0.0695. The van der Waals surface area contributed by atoms with Gasteiger partial charge >= 0.3 is 12.0 Å². The number of nitrogens with one attached hydrogen (secondary N) is 1. The number of carboxylic acids is 1. The van der Waals surface area contributed by atoms with Crippen molar-refractivity contribution in [1.29, 1.82) is 0 Å². The molecule has 0 aliphatic heterocycles. The number of benzene rings is 2. The van der Waals surface area contributed by atoms with Gasteiger partial charge in [0.2, 0.25) is 5.75 Å². The van der Waals surface area contributed by atoms with E-state index in [-0.39, 0.29) is 22.7 Å². The maximum atomic E-state index is 14.3. The topological polar surface area (TPSA) is 77.0 Å². The second-order valence-corrected chi connectivity index (χ2v) is 5.36. The fourth-order valence-electron chi connectivity index (χ4n) is 2.45. The van der Waals surface area contributed by atoms with E-state index in [4.69, 9.17) is 19.3 Å². The Balaban J connectivity index is 2.33. The van der Waals surface area contributed by atoms with Crippen molar-refractivity contribution in [2.75, 3.05) is 26.6 Å². The van der Waals surface area contributed by atoms with E-state index < -0.39 is 12.0 Å². The summed E-state index contributed by atoms with van der Waals surface area (Å²) >= 11 is 0. The van der Waals surface area contributed by atoms with Gasteiger partial charge in [-0.1, -0.05) is 12.1 Å². The third-order valence-corrected chi connectivity index (χ3v) is 3.67. The lowest BCUT2D eigenvalue weighted by atomic mass is 10.1. The smallest absolute Gasteiger partial charge is 0.343 e. The zero-order valence-corrected chi connectivity index (χ0v) is 15.0. The van der Waals surface area contributed by atoms with Crippen molar-refractivity contribution in [1.82, 2.24) is 0 Å². The van der Waals surface area contributed by atoms with Crippen molar-refractivity contribution in [2.24, 2.45) is 0 Å². The third-order valence-electron chi connectivity index (χ3n) is 3.67. The molecule has 2 aromatic rings. The zero-order valence-electron chi connectivity index (χ0n) is 15.0. The average Bonchev–Trinajstić information content (AvgIpc) is 2.65. The highest BCUT2D eigenvalue weighted by atomic mass is 19.3. The quantitative estimate of drug-likeness (QED) is 0.672. The summed E-state index contributed by atoms with van der Waals surface area (Å²) in [6.45, 7) is 0. The fourth-order valence-corrected chi connectivity index (χ4v) is 2.45. The summed E-state index contributed by atoms with van der Waals surface area (Å²) in [5.41, 5.74) is -0.114. The first-order valence-electron chi connectivity index (χ1n) is 7.79. The van der Waals surface area contributed by atoms with Crippen LogP contribution in [0.2, 0.25) is 0 Å². The van der Waals surface area contributed by atoms with Crippen molar-refractivity contribution >= 4 is 17.7 Å². The number of hydrogen-bond donors (Lipinski definition) is 2. The van der Waals surface area contributed by atoms with Crippen LogP contribution >= 0.6 is 0 Å². The first-order valence-corrected chi connectivity index (χ1v) is 7.79. The van der Waals surface area contributed by atoms with Gasteiger partial charge in [0.1, 0.15) is 0 Å². The summed E-state index contributed by atoms with van der Waals surface area (Å²) in [5, 5.41) is 11.0. The van der Waals surface area contributed by atoms with E-state index in [0.29, 0.717) is 17.4 Å². The molecule has 0 atom stereocenters. The van der Waals surface area contributed by atoms with Crippen molar-refractivity contribution < 1.29 is 32.9 Å². The Hall–Kier alpha value is -3.29. The summed E-state index contributed by atoms with van der Waals surface area (Å²) in [6, 6.07) is 5.01. The second-order valence-electron chi connectivity index (χ2n) is 5.36. The van der Waals surface area contributed by atoms with E-state index >= 15 is 0 Å². The van der Waals surface area contributed by atoms with Gasteiger partial charge < -0.3 is 24.6 Å². The van der Waals surface area contributed by atoms with Crippen LogP contribution in [0.15, 0.2) is 42.5 Å². The molecule has 0 aromatic heterocycles. The number of methoxy groups -OCH3 is 3. The van der Waals surface area contributed by atoms with Crippen LogP contribution in [0.25, 0.3) is 6.08 Å². The molecule has 0 aliphatic carbocycles. The SMILES string of the molecule is COc1ccc(/C=C/C(F)(F)Nc2ccccc2C(=O)O)c(OC)c1OC. The number of halogens is 2. The fraction of sp³-hybridized carbons (Fsp3) is 0.211. The molecule has 2 N–H and O–H groups in total. The summed E-state index contributed by atoms with van der Waals surface area (Å²) in [7, 11) is 4.24. The molecule has 0 spiro atoms. The van der Waals surface area contributed by atoms with E-state index in [0.717, 1.165) is 6.08 Å². The maximum absolute atomic E-state index is 14.3. The minimum absolute atomic E-state index is 0.195. The molecule has 144 valence electrons. The van der Waals surface area contributed by atoms with Gasteiger partial charge in [-0.25, -0.2) is 4.79 Å². The molecule has 0 aliphatic rings. The Morgan fingerprint density at radius 2 is 1.70 bits per heavy atom. The predicted molar refractivity (Wildman–Crippen MR) is 97.1 cm³/mol. The molecule has 0 radical (unpaired) electrons. The van der Waals surface area contributed by atoms with Gasteiger partial charge in [0.25, 0.3) is 0 Å². The van der Waals surface area contributed by atoms with Gasteiger partial charge in [-0.15, -0.1) is 0 Å². The number of anilines is 1. The van der Waals surface area contributed by atoms with E-state index in [2.05, 4.69) is 0 Å². The molecular formula is C19H19F2NO5. The van der Waals surface area contributed by atoms with Gasteiger partial charge in [-0.05, 0) is 30.3 Å². The van der Waals surface area contributed by atoms with Crippen LogP contribution in [0.5, 0.6) is 17.2 Å². The third kappa shape index (κ3) is 4.66. The summed E-state index contributed by atoms with van der Waals surface area (Å²) in [6.07, 6.45) is 1.76. The molecule has 0 fully saturated rings. The molecule has 27 heavy (non-hydrogen) atoms. The van der Waals surface area contributed by atoms with Crippen molar-refractivity contribution in [3.05, 3.63) is 53.6 Å². The van der Waals surface area contributed by atoms with Crippen LogP contribution < -0.4 is 19.5 Å². The van der Waals surface area contributed by atoms with Crippen LogP contribution in [-0.2, 0) is 0 Å². The first kappa shape index (κ1) is 20.0. The molecule has 0 bridgehead atoms. The molecule has 0 saturated carbocycles. The largest absolute Gasteiger partial charge is 0.493 e. The van der Waals surface area contributed by atoms with Crippen LogP contribution in [0.1, 0.15) is 15.9 Å². The Morgan fingerprint density at radius 3 is 2.30 bits per heavy atom. The number of ether oxygens (including phenoxy) is 3. The Labute approximate surface area is 155 Å². The molecule has 6 nitrogen and oxygen atoms in total. The Kier molecular flexibility index (Phi) is 6.23. The van der Waals surface area contributed by atoms with E-state index in [1.54, 1.807) is 6.07 Å². The number of carbonyl (C=O) groups is 1. The molecule has 8 heteroatoms. The van der Waals surface area contributed by atoms with E-state index in [1.165, 1.54) is 51.7 Å². The highest BCUT2D eigenvalue weighted by Gasteiger charge is 2.27. The maximum Gasteiger partial charge on any atom is 0.343 e. The lowest BCUT2D eigenvalue weighted by Crippen LogP contribution is -2.25. The lowest BCUT2D eigenvalue weighted by Gasteiger charge is -2.18. The number of alkyl halides is 2. The monoisotopic (exact) mass is 379 g/mol. The first-order chi connectivity index (χ1) is 12.8.